The monoisotopic (exact) mass is 440 g/mol. The van der Waals surface area contributed by atoms with Crippen LogP contribution in [0.15, 0.2) is 54.8 Å². The lowest BCUT2D eigenvalue weighted by molar-refractivity contribution is -0.157. The van der Waals surface area contributed by atoms with Crippen molar-refractivity contribution in [2.45, 2.75) is 69.5 Å². The van der Waals surface area contributed by atoms with Crippen LogP contribution < -0.4 is 9.47 Å². The first-order valence-corrected chi connectivity index (χ1v) is 11.4. The van der Waals surface area contributed by atoms with Gasteiger partial charge in [-0.05, 0) is 73.6 Å². The molecule has 172 valence electrons. The molecule has 6 heteroatoms. The Morgan fingerprint density at radius 3 is 2.41 bits per heavy atom. The van der Waals surface area contributed by atoms with Crippen molar-refractivity contribution < 1.29 is 29.5 Å². The van der Waals surface area contributed by atoms with Gasteiger partial charge >= 0.3 is 0 Å². The summed E-state index contributed by atoms with van der Waals surface area (Å²) in [6.45, 7) is 6.25. The summed E-state index contributed by atoms with van der Waals surface area (Å²) >= 11 is 0. The van der Waals surface area contributed by atoms with Gasteiger partial charge in [0, 0.05) is 6.42 Å². The normalized spacial score (nSPS) is 26.1. The van der Waals surface area contributed by atoms with Crippen molar-refractivity contribution in [1.82, 2.24) is 0 Å². The van der Waals surface area contributed by atoms with Gasteiger partial charge in [0.25, 0.3) is 0 Å². The van der Waals surface area contributed by atoms with Crippen LogP contribution in [0.3, 0.4) is 0 Å². The molecule has 2 aromatic carbocycles. The van der Waals surface area contributed by atoms with E-state index in [1.54, 1.807) is 0 Å². The molecule has 1 unspecified atom stereocenters. The van der Waals surface area contributed by atoms with Crippen LogP contribution in [0.5, 0.6) is 11.5 Å². The molecule has 0 bridgehead atoms. The Hall–Kier alpha value is -2.54. The van der Waals surface area contributed by atoms with Gasteiger partial charge in [-0.2, -0.15) is 0 Å². The first kappa shape index (κ1) is 22.6. The highest BCUT2D eigenvalue weighted by molar-refractivity contribution is 5.43. The van der Waals surface area contributed by atoms with Crippen molar-refractivity contribution in [2.75, 3.05) is 6.61 Å². The zero-order chi connectivity index (χ0) is 22.7. The standard InChI is InChI=1S/C26H32O6/c1-3-30-20-11-8-17(9-12-20)14-19-15-18(10-13-22(19)32-21-6-4-5-7-21)26-25(29)24(28)23(27)16(2)31-26/h8-13,15,21,23-29H,2-7,14H2,1H3/t23-,24?,25-,26+/m1/s1. The summed E-state index contributed by atoms with van der Waals surface area (Å²) in [5, 5.41) is 30.6. The van der Waals surface area contributed by atoms with E-state index in [2.05, 4.69) is 6.58 Å². The summed E-state index contributed by atoms with van der Waals surface area (Å²) in [7, 11) is 0. The molecule has 0 aromatic heterocycles. The molecule has 3 N–H and O–H groups in total. The Kier molecular flexibility index (Phi) is 7.04. The molecule has 1 saturated carbocycles. The summed E-state index contributed by atoms with van der Waals surface area (Å²) < 4.78 is 17.6. The second-order valence-corrected chi connectivity index (χ2v) is 8.58. The van der Waals surface area contributed by atoms with Crippen LogP contribution in [0.2, 0.25) is 0 Å². The Balaban J connectivity index is 1.62. The van der Waals surface area contributed by atoms with Crippen LogP contribution in [0.1, 0.15) is 55.4 Å². The number of hydrogen-bond donors (Lipinski definition) is 3. The van der Waals surface area contributed by atoms with Crippen LogP contribution >= 0.6 is 0 Å². The van der Waals surface area contributed by atoms with E-state index in [1.165, 1.54) is 12.8 Å². The minimum absolute atomic E-state index is 0.0483. The zero-order valence-electron chi connectivity index (χ0n) is 18.4. The molecule has 1 heterocycles. The van der Waals surface area contributed by atoms with Crippen molar-refractivity contribution in [2.24, 2.45) is 0 Å². The number of aliphatic hydroxyl groups excluding tert-OH is 3. The van der Waals surface area contributed by atoms with Crippen LogP contribution in [-0.2, 0) is 11.2 Å². The fraction of sp³-hybridized carbons (Fsp3) is 0.462. The van der Waals surface area contributed by atoms with E-state index >= 15 is 0 Å². The second kappa shape index (κ2) is 9.94. The van der Waals surface area contributed by atoms with Gasteiger partial charge in [-0.15, -0.1) is 0 Å². The average molecular weight is 441 g/mol. The van der Waals surface area contributed by atoms with Crippen molar-refractivity contribution >= 4 is 0 Å². The van der Waals surface area contributed by atoms with Crippen molar-refractivity contribution in [3.8, 4) is 11.5 Å². The lowest BCUT2D eigenvalue weighted by atomic mass is 9.91. The maximum atomic E-state index is 10.5. The molecule has 4 atom stereocenters. The highest BCUT2D eigenvalue weighted by Gasteiger charge is 2.41. The minimum atomic E-state index is -1.36. The quantitative estimate of drug-likeness (QED) is 0.609. The molecule has 2 aromatic rings. The number of hydrogen-bond acceptors (Lipinski definition) is 6. The maximum Gasteiger partial charge on any atom is 0.152 e. The third-order valence-corrected chi connectivity index (χ3v) is 6.23. The Labute approximate surface area is 189 Å². The largest absolute Gasteiger partial charge is 0.494 e. The third kappa shape index (κ3) is 4.93. The first-order chi connectivity index (χ1) is 15.5. The smallest absolute Gasteiger partial charge is 0.152 e. The van der Waals surface area contributed by atoms with Crippen molar-refractivity contribution in [1.29, 1.82) is 0 Å². The van der Waals surface area contributed by atoms with Gasteiger partial charge in [0.2, 0.25) is 0 Å². The lowest BCUT2D eigenvalue weighted by Gasteiger charge is -2.37. The fourth-order valence-corrected chi connectivity index (χ4v) is 4.43. The predicted molar refractivity (Wildman–Crippen MR) is 121 cm³/mol. The molecule has 2 fully saturated rings. The molecule has 4 rings (SSSR count). The predicted octanol–water partition coefficient (Wildman–Crippen LogP) is 3.67. The van der Waals surface area contributed by atoms with E-state index in [0.717, 1.165) is 35.5 Å². The topological polar surface area (TPSA) is 88.4 Å². The number of aliphatic hydroxyl groups is 3. The van der Waals surface area contributed by atoms with E-state index in [-0.39, 0.29) is 11.9 Å². The highest BCUT2D eigenvalue weighted by atomic mass is 16.5. The molecule has 32 heavy (non-hydrogen) atoms. The van der Waals surface area contributed by atoms with Crippen LogP contribution in [0.25, 0.3) is 0 Å². The molecule has 1 aliphatic carbocycles. The molecule has 2 aliphatic rings. The van der Waals surface area contributed by atoms with Crippen molar-refractivity contribution in [3.05, 3.63) is 71.5 Å². The molecule has 6 nitrogen and oxygen atoms in total. The molecule has 0 radical (unpaired) electrons. The van der Waals surface area contributed by atoms with Gasteiger partial charge in [-0.25, -0.2) is 0 Å². The summed E-state index contributed by atoms with van der Waals surface area (Å²) in [6, 6.07) is 13.7. The van der Waals surface area contributed by atoms with Crippen LogP contribution in [0.4, 0.5) is 0 Å². The Morgan fingerprint density at radius 2 is 1.72 bits per heavy atom. The van der Waals surface area contributed by atoms with E-state index in [4.69, 9.17) is 14.2 Å². The van der Waals surface area contributed by atoms with E-state index in [0.29, 0.717) is 18.6 Å². The SMILES string of the molecule is C=C1O[C@@H](c2ccc(OC3CCCC3)c(Cc3ccc(OCC)cc3)c2)[C@H](O)C(O)[C@@H]1O. The molecule has 1 saturated heterocycles. The average Bonchev–Trinajstić information content (AvgIpc) is 3.31. The summed E-state index contributed by atoms with van der Waals surface area (Å²) in [4.78, 5) is 0. The number of rotatable bonds is 7. The Bertz CT molecular complexity index is 918. The zero-order valence-corrected chi connectivity index (χ0v) is 18.4. The molecular weight excluding hydrogens is 408 g/mol. The van der Waals surface area contributed by atoms with Gasteiger partial charge in [0.1, 0.15) is 35.6 Å². The highest BCUT2D eigenvalue weighted by Crippen LogP contribution is 2.37. The Morgan fingerprint density at radius 1 is 1.00 bits per heavy atom. The summed E-state index contributed by atoms with van der Waals surface area (Å²) in [6.07, 6.45) is 0.570. The maximum absolute atomic E-state index is 10.5. The van der Waals surface area contributed by atoms with E-state index in [9.17, 15) is 15.3 Å². The molecular formula is C26H32O6. The van der Waals surface area contributed by atoms with Gasteiger partial charge in [0.05, 0.1) is 12.7 Å². The van der Waals surface area contributed by atoms with E-state index in [1.807, 2.05) is 49.4 Å². The molecule has 0 spiro atoms. The fourth-order valence-electron chi connectivity index (χ4n) is 4.43. The number of ether oxygens (including phenoxy) is 3. The lowest BCUT2D eigenvalue weighted by Crippen LogP contribution is -2.47. The van der Waals surface area contributed by atoms with Crippen molar-refractivity contribution in [3.63, 3.8) is 0 Å². The van der Waals surface area contributed by atoms with Crippen LogP contribution in [0, 0.1) is 0 Å². The minimum Gasteiger partial charge on any atom is -0.494 e. The second-order valence-electron chi connectivity index (χ2n) is 8.58. The van der Waals surface area contributed by atoms with E-state index < -0.39 is 24.4 Å². The summed E-state index contributed by atoms with van der Waals surface area (Å²) in [5.41, 5.74) is 2.77. The van der Waals surface area contributed by atoms with Gasteiger partial charge < -0.3 is 29.5 Å². The van der Waals surface area contributed by atoms with Gasteiger partial charge in [-0.1, -0.05) is 24.8 Å². The third-order valence-electron chi connectivity index (χ3n) is 6.23. The van der Waals surface area contributed by atoms with Gasteiger partial charge in [-0.3, -0.25) is 0 Å². The molecule has 0 amide bonds. The van der Waals surface area contributed by atoms with Gasteiger partial charge in [0.15, 0.2) is 6.10 Å². The molecule has 1 aliphatic heterocycles. The number of benzene rings is 2. The van der Waals surface area contributed by atoms with Crippen LogP contribution in [-0.4, -0.2) is 46.3 Å². The summed E-state index contributed by atoms with van der Waals surface area (Å²) in [5.74, 6) is 1.70. The first-order valence-electron chi connectivity index (χ1n) is 11.4.